The molecule has 0 saturated heterocycles. The van der Waals surface area contributed by atoms with Gasteiger partial charge in [-0.2, -0.15) is 0 Å². The van der Waals surface area contributed by atoms with E-state index in [1.165, 1.54) is 6.21 Å². The molecule has 0 saturated carbocycles. The Morgan fingerprint density at radius 1 is 1.33 bits per heavy atom. The van der Waals surface area contributed by atoms with E-state index >= 15 is 0 Å². The summed E-state index contributed by atoms with van der Waals surface area (Å²) in [4.78, 5) is 27.3. The van der Waals surface area contributed by atoms with Crippen molar-refractivity contribution in [3.05, 3.63) is 40.1 Å². The lowest BCUT2D eigenvalue weighted by Crippen LogP contribution is -2.24. The minimum absolute atomic E-state index is 0.0330. The molecule has 110 valence electrons. The maximum atomic E-state index is 12.3. The third kappa shape index (κ3) is 3.11. The zero-order valence-corrected chi connectivity index (χ0v) is 12.4. The van der Waals surface area contributed by atoms with E-state index in [2.05, 4.69) is 4.99 Å². The average Bonchev–Trinajstić information content (AvgIpc) is 2.41. The van der Waals surface area contributed by atoms with Crippen LogP contribution in [0.5, 0.6) is 5.06 Å². The number of aliphatic carboxylic acids is 1. The molecule has 0 radical (unpaired) electrons. The minimum Gasteiger partial charge on any atom is -0.499 e. The fourth-order valence-corrected chi connectivity index (χ4v) is 2.82. The first-order valence-electron chi connectivity index (χ1n) is 6.42. The summed E-state index contributed by atoms with van der Waals surface area (Å²) in [5.41, 5.74) is -0.316. The lowest BCUT2D eigenvalue weighted by Gasteiger charge is -2.10. The van der Waals surface area contributed by atoms with Gasteiger partial charge in [0.05, 0.1) is 5.56 Å². The molecule has 0 aliphatic rings. The van der Waals surface area contributed by atoms with E-state index in [1.54, 1.807) is 38.1 Å². The Morgan fingerprint density at radius 2 is 2.00 bits per heavy atom. The van der Waals surface area contributed by atoms with Crippen LogP contribution in [0.2, 0.25) is 0 Å². The van der Waals surface area contributed by atoms with Crippen LogP contribution in [0.15, 0.2) is 34.1 Å². The van der Waals surface area contributed by atoms with E-state index in [4.69, 9.17) is 5.11 Å². The van der Waals surface area contributed by atoms with Gasteiger partial charge in [-0.3, -0.25) is 9.79 Å². The van der Waals surface area contributed by atoms with Crippen molar-refractivity contribution >= 4 is 33.6 Å². The van der Waals surface area contributed by atoms with E-state index in [-0.39, 0.29) is 22.0 Å². The fourth-order valence-electron chi connectivity index (χ4n) is 1.93. The predicted octanol–water partition coefficient (Wildman–Crippen LogP) is 2.50. The van der Waals surface area contributed by atoms with Crippen LogP contribution in [0, 0.1) is 5.92 Å². The number of hydrogen-bond acceptors (Lipinski definition) is 5. The number of carbonyl (C=O) groups is 1. The zero-order valence-electron chi connectivity index (χ0n) is 11.6. The summed E-state index contributed by atoms with van der Waals surface area (Å²) in [5, 5.41) is 19.4. The highest BCUT2D eigenvalue weighted by molar-refractivity contribution is 7.20. The fraction of sp³-hybridized carbons (Fsp3) is 0.267. The van der Waals surface area contributed by atoms with Crippen molar-refractivity contribution < 1.29 is 15.0 Å². The van der Waals surface area contributed by atoms with Gasteiger partial charge in [0.2, 0.25) is 5.43 Å². The van der Waals surface area contributed by atoms with Crippen molar-refractivity contribution in [2.75, 3.05) is 0 Å². The number of fused-ring (bicyclic) bond motifs is 1. The van der Waals surface area contributed by atoms with Crippen LogP contribution in [-0.2, 0) is 4.79 Å². The molecule has 0 aliphatic heterocycles. The van der Waals surface area contributed by atoms with Gasteiger partial charge in [-0.25, -0.2) is 4.79 Å². The molecule has 6 heteroatoms. The molecule has 0 aliphatic carbocycles. The van der Waals surface area contributed by atoms with E-state index in [0.717, 1.165) is 11.3 Å². The second kappa shape index (κ2) is 6.05. The van der Waals surface area contributed by atoms with Crippen molar-refractivity contribution in [1.82, 2.24) is 0 Å². The van der Waals surface area contributed by atoms with Gasteiger partial charge in [0, 0.05) is 16.3 Å². The second-order valence-electron chi connectivity index (χ2n) is 4.95. The van der Waals surface area contributed by atoms with Gasteiger partial charge in [0.1, 0.15) is 6.04 Å². The first-order valence-corrected chi connectivity index (χ1v) is 7.24. The molecular weight excluding hydrogens is 290 g/mol. The molecule has 2 N–H and O–H groups in total. The van der Waals surface area contributed by atoms with Gasteiger partial charge in [0.25, 0.3) is 0 Å². The van der Waals surface area contributed by atoms with Crippen LogP contribution >= 0.6 is 11.3 Å². The molecule has 21 heavy (non-hydrogen) atoms. The Hall–Kier alpha value is -2.21. The first kappa shape index (κ1) is 15.2. The Balaban J connectivity index is 2.52. The molecule has 1 aromatic heterocycles. The van der Waals surface area contributed by atoms with E-state index in [9.17, 15) is 14.7 Å². The van der Waals surface area contributed by atoms with Crippen LogP contribution in [0.1, 0.15) is 19.4 Å². The highest BCUT2D eigenvalue weighted by Gasteiger charge is 2.20. The number of carboxylic acid groups (broad SMARTS) is 1. The molecule has 0 bridgehead atoms. The van der Waals surface area contributed by atoms with Crippen LogP contribution < -0.4 is 5.43 Å². The monoisotopic (exact) mass is 305 g/mol. The van der Waals surface area contributed by atoms with E-state index < -0.39 is 12.0 Å². The number of hydrogen-bond donors (Lipinski definition) is 2. The normalized spacial score (nSPS) is 13.1. The lowest BCUT2D eigenvalue weighted by molar-refractivity contribution is -0.139. The van der Waals surface area contributed by atoms with E-state index in [0.29, 0.717) is 10.1 Å². The lowest BCUT2D eigenvalue weighted by atomic mass is 10.1. The molecule has 1 aromatic carbocycles. The zero-order chi connectivity index (χ0) is 15.6. The van der Waals surface area contributed by atoms with Gasteiger partial charge in [-0.15, -0.1) is 0 Å². The van der Waals surface area contributed by atoms with Crippen molar-refractivity contribution in [1.29, 1.82) is 0 Å². The molecule has 1 atom stereocenters. The topological polar surface area (TPSA) is 87.0 Å². The largest absolute Gasteiger partial charge is 0.499 e. The van der Waals surface area contributed by atoms with Gasteiger partial charge in [-0.05, 0) is 18.1 Å². The highest BCUT2D eigenvalue weighted by Crippen LogP contribution is 2.26. The molecule has 0 spiro atoms. The molecular formula is C15H15NO4S. The molecule has 5 nitrogen and oxygen atoms in total. The number of nitrogens with zero attached hydrogens (tertiary/aromatic N) is 1. The minimum atomic E-state index is -1.06. The molecule has 2 aromatic rings. The summed E-state index contributed by atoms with van der Waals surface area (Å²) in [6.45, 7) is 3.47. The van der Waals surface area contributed by atoms with Crippen molar-refractivity contribution in [2.24, 2.45) is 10.9 Å². The van der Waals surface area contributed by atoms with Gasteiger partial charge in [0.15, 0.2) is 5.06 Å². The SMILES string of the molecule is CC(C)[C@H](N=Cc1c(O)sc2ccccc2c1=O)C(=O)O. The Kier molecular flexibility index (Phi) is 4.37. The van der Waals surface area contributed by atoms with Crippen LogP contribution in [-0.4, -0.2) is 28.4 Å². The van der Waals surface area contributed by atoms with Gasteiger partial charge < -0.3 is 10.2 Å². The number of benzene rings is 1. The molecule has 0 fully saturated rings. The summed E-state index contributed by atoms with van der Waals surface area (Å²) < 4.78 is 0.677. The maximum Gasteiger partial charge on any atom is 0.328 e. The third-order valence-corrected chi connectivity index (χ3v) is 4.05. The van der Waals surface area contributed by atoms with Crippen LogP contribution in [0.4, 0.5) is 0 Å². The van der Waals surface area contributed by atoms with Gasteiger partial charge in [-0.1, -0.05) is 37.3 Å². The number of rotatable bonds is 4. The molecule has 2 rings (SSSR count). The smallest absolute Gasteiger partial charge is 0.328 e. The Morgan fingerprint density at radius 3 is 2.62 bits per heavy atom. The second-order valence-corrected chi connectivity index (χ2v) is 5.98. The summed E-state index contributed by atoms with van der Waals surface area (Å²) in [6, 6.07) is 5.99. The molecule has 0 unspecified atom stereocenters. The summed E-state index contributed by atoms with van der Waals surface area (Å²) in [6.07, 6.45) is 1.17. The standard InChI is InChI=1S/C15H15NO4S/c1-8(2)12(14(18)19)16-7-10-13(17)9-5-3-4-6-11(9)21-15(10)20/h3-8,12,20H,1-2H3,(H,18,19)/t12-/m0/s1. The number of carboxylic acids is 1. The predicted molar refractivity (Wildman–Crippen MR) is 83.6 cm³/mol. The Bertz CT molecular complexity index is 764. The van der Waals surface area contributed by atoms with Crippen molar-refractivity contribution in [3.63, 3.8) is 0 Å². The van der Waals surface area contributed by atoms with Gasteiger partial charge >= 0.3 is 5.97 Å². The summed E-state index contributed by atoms with van der Waals surface area (Å²) in [7, 11) is 0. The van der Waals surface area contributed by atoms with E-state index in [1.807, 2.05) is 0 Å². The quantitative estimate of drug-likeness (QED) is 0.850. The van der Waals surface area contributed by atoms with Crippen molar-refractivity contribution in [3.8, 4) is 5.06 Å². The Labute approximate surface area is 125 Å². The molecule has 0 amide bonds. The van der Waals surface area contributed by atoms with Crippen molar-refractivity contribution in [2.45, 2.75) is 19.9 Å². The average molecular weight is 305 g/mol. The number of aliphatic imine (C=N–C) groups is 1. The number of aromatic hydroxyl groups is 1. The molecule has 1 heterocycles. The van der Waals surface area contributed by atoms with Crippen LogP contribution in [0.3, 0.4) is 0 Å². The maximum absolute atomic E-state index is 12.3. The highest BCUT2D eigenvalue weighted by atomic mass is 32.1. The third-order valence-electron chi connectivity index (χ3n) is 3.06. The summed E-state index contributed by atoms with van der Waals surface area (Å²) in [5.74, 6) is -1.27. The first-order chi connectivity index (χ1) is 9.91. The van der Waals surface area contributed by atoms with Crippen LogP contribution in [0.25, 0.3) is 10.1 Å². The summed E-state index contributed by atoms with van der Waals surface area (Å²) >= 11 is 1.07.